The lowest BCUT2D eigenvalue weighted by atomic mass is 9.95. The van der Waals surface area contributed by atoms with Crippen LogP contribution in [-0.2, 0) is 19.3 Å². The van der Waals surface area contributed by atoms with E-state index < -0.39 is 0 Å². The van der Waals surface area contributed by atoms with Gasteiger partial charge in [0.05, 0.1) is 7.11 Å². The zero-order valence-electron chi connectivity index (χ0n) is 14.1. The molecule has 0 atom stereocenters. The van der Waals surface area contributed by atoms with Crippen molar-refractivity contribution in [1.29, 1.82) is 0 Å². The number of carbonyl (C=O) groups excluding carboxylic acids is 1. The number of aromatic nitrogens is 3. The van der Waals surface area contributed by atoms with E-state index in [1.165, 1.54) is 24.1 Å². The summed E-state index contributed by atoms with van der Waals surface area (Å²) in [4.78, 5) is 25.5. The predicted octanol–water partition coefficient (Wildman–Crippen LogP) is 2.04. The maximum atomic E-state index is 12.1. The molecule has 2 aromatic heterocycles. The molecule has 0 saturated carbocycles. The van der Waals surface area contributed by atoms with Crippen LogP contribution in [0, 0.1) is 6.92 Å². The van der Waals surface area contributed by atoms with Crippen molar-refractivity contribution in [2.75, 3.05) is 13.7 Å². The predicted molar refractivity (Wildman–Crippen MR) is 90.2 cm³/mol. The van der Waals surface area contributed by atoms with Crippen LogP contribution in [0.4, 0.5) is 0 Å². The summed E-state index contributed by atoms with van der Waals surface area (Å²) in [5, 5.41) is 2.86. The lowest BCUT2D eigenvalue weighted by molar-refractivity contribution is 0.0948. The van der Waals surface area contributed by atoms with E-state index in [9.17, 15) is 4.79 Å². The molecule has 0 spiro atoms. The fourth-order valence-electron chi connectivity index (χ4n) is 3.00. The highest BCUT2D eigenvalue weighted by Gasteiger charge is 2.15. The normalized spacial score (nSPS) is 13.2. The fraction of sp³-hybridized carbons (Fsp3) is 0.444. The summed E-state index contributed by atoms with van der Waals surface area (Å²) < 4.78 is 5.10. The van der Waals surface area contributed by atoms with E-state index in [0.717, 1.165) is 24.4 Å². The number of nitrogens with zero attached hydrogens (tertiary/aromatic N) is 3. The van der Waals surface area contributed by atoms with E-state index in [2.05, 4.69) is 20.3 Å². The molecule has 2 heterocycles. The first-order valence-corrected chi connectivity index (χ1v) is 8.31. The van der Waals surface area contributed by atoms with Crippen LogP contribution in [-0.4, -0.2) is 34.5 Å². The molecular weight excluding hydrogens is 304 g/mol. The Balaban J connectivity index is 1.60. The molecule has 1 amide bonds. The highest BCUT2D eigenvalue weighted by molar-refractivity contribution is 5.92. The smallest absolute Gasteiger partial charge is 0.270 e. The number of carbonyl (C=O) groups is 1. The first kappa shape index (κ1) is 16.4. The van der Waals surface area contributed by atoms with Gasteiger partial charge in [0.25, 0.3) is 5.91 Å². The zero-order valence-corrected chi connectivity index (χ0v) is 14.1. The van der Waals surface area contributed by atoms with Crippen molar-refractivity contribution in [2.24, 2.45) is 0 Å². The van der Waals surface area contributed by atoms with Gasteiger partial charge in [0.15, 0.2) is 0 Å². The van der Waals surface area contributed by atoms with E-state index in [4.69, 9.17) is 4.74 Å². The van der Waals surface area contributed by atoms with Crippen LogP contribution in [0.25, 0.3) is 0 Å². The molecule has 0 fully saturated rings. The van der Waals surface area contributed by atoms with Crippen LogP contribution >= 0.6 is 0 Å². The Morgan fingerprint density at radius 2 is 2.12 bits per heavy atom. The van der Waals surface area contributed by atoms with Crippen LogP contribution in [0.3, 0.4) is 0 Å². The second-order valence-electron chi connectivity index (χ2n) is 5.94. The first-order valence-electron chi connectivity index (χ1n) is 8.31. The van der Waals surface area contributed by atoms with Gasteiger partial charge in [0.2, 0.25) is 0 Å². The molecule has 3 rings (SSSR count). The quantitative estimate of drug-likeness (QED) is 0.910. The molecule has 0 aliphatic heterocycles. The van der Waals surface area contributed by atoms with Crippen LogP contribution in [0.5, 0.6) is 5.75 Å². The third kappa shape index (κ3) is 3.69. The topological polar surface area (TPSA) is 77.0 Å². The molecule has 0 unspecified atom stereocenters. The minimum atomic E-state index is -0.219. The van der Waals surface area contributed by atoms with Gasteiger partial charge in [-0.2, -0.15) is 0 Å². The van der Waals surface area contributed by atoms with Gasteiger partial charge in [-0.3, -0.25) is 9.78 Å². The van der Waals surface area contributed by atoms with Crippen molar-refractivity contribution < 1.29 is 9.53 Å². The Morgan fingerprint density at radius 1 is 1.29 bits per heavy atom. The number of aryl methyl sites for hydroxylation is 2. The lowest BCUT2D eigenvalue weighted by Crippen LogP contribution is -2.27. The van der Waals surface area contributed by atoms with E-state index in [0.29, 0.717) is 24.4 Å². The molecule has 6 nitrogen and oxygen atoms in total. The molecule has 0 aromatic carbocycles. The standard InChI is InChI=1S/C18H22N4O2/c1-12-14-5-3-4-6-15(14)22-17(21-12)8-10-20-18(23)16-11-13(24-2)7-9-19-16/h7,9,11H,3-6,8,10H2,1-2H3,(H,20,23). The van der Waals surface area contributed by atoms with Crippen LogP contribution in [0.1, 0.15) is 46.1 Å². The number of amides is 1. The molecule has 0 saturated heterocycles. The third-order valence-electron chi connectivity index (χ3n) is 4.27. The average molecular weight is 326 g/mol. The van der Waals surface area contributed by atoms with Crippen molar-refractivity contribution >= 4 is 5.91 Å². The summed E-state index contributed by atoms with van der Waals surface area (Å²) in [7, 11) is 1.56. The van der Waals surface area contributed by atoms with Gasteiger partial charge >= 0.3 is 0 Å². The van der Waals surface area contributed by atoms with E-state index in [1.54, 1.807) is 25.4 Å². The third-order valence-corrected chi connectivity index (χ3v) is 4.27. The van der Waals surface area contributed by atoms with Crippen LogP contribution in [0.15, 0.2) is 18.3 Å². The van der Waals surface area contributed by atoms with Crippen molar-refractivity contribution in [3.63, 3.8) is 0 Å². The number of fused-ring (bicyclic) bond motifs is 1. The number of ether oxygens (including phenoxy) is 1. The fourth-order valence-corrected chi connectivity index (χ4v) is 3.00. The van der Waals surface area contributed by atoms with E-state index in [-0.39, 0.29) is 5.91 Å². The van der Waals surface area contributed by atoms with Crippen LogP contribution in [0.2, 0.25) is 0 Å². The van der Waals surface area contributed by atoms with Gasteiger partial charge in [-0.05, 0) is 44.2 Å². The van der Waals surface area contributed by atoms with Crippen molar-refractivity contribution in [1.82, 2.24) is 20.3 Å². The average Bonchev–Trinajstić information content (AvgIpc) is 2.62. The second-order valence-corrected chi connectivity index (χ2v) is 5.94. The summed E-state index contributed by atoms with van der Waals surface area (Å²) in [6, 6.07) is 3.33. The zero-order chi connectivity index (χ0) is 16.9. The molecule has 1 aliphatic rings. The van der Waals surface area contributed by atoms with Gasteiger partial charge in [0, 0.05) is 36.6 Å². The van der Waals surface area contributed by atoms with E-state index in [1.807, 2.05) is 6.92 Å². The Kier molecular flexibility index (Phi) is 5.03. The van der Waals surface area contributed by atoms with Gasteiger partial charge in [-0.25, -0.2) is 9.97 Å². The van der Waals surface area contributed by atoms with Gasteiger partial charge in [0.1, 0.15) is 17.3 Å². The van der Waals surface area contributed by atoms with Gasteiger partial charge in [-0.15, -0.1) is 0 Å². The minimum Gasteiger partial charge on any atom is -0.497 e. The number of nitrogens with one attached hydrogen (secondary N) is 1. The van der Waals surface area contributed by atoms with Crippen molar-refractivity contribution in [2.45, 2.75) is 39.0 Å². The number of pyridine rings is 1. The number of methoxy groups -OCH3 is 1. The molecular formula is C18H22N4O2. The summed E-state index contributed by atoms with van der Waals surface area (Å²) in [6.45, 7) is 2.53. The summed E-state index contributed by atoms with van der Waals surface area (Å²) in [5.74, 6) is 1.19. The first-order chi connectivity index (χ1) is 11.7. The number of hydrogen-bond donors (Lipinski definition) is 1. The Hall–Kier alpha value is -2.50. The molecule has 126 valence electrons. The highest BCUT2D eigenvalue weighted by atomic mass is 16.5. The molecule has 0 bridgehead atoms. The highest BCUT2D eigenvalue weighted by Crippen LogP contribution is 2.21. The maximum Gasteiger partial charge on any atom is 0.270 e. The Morgan fingerprint density at radius 3 is 2.96 bits per heavy atom. The molecule has 2 aromatic rings. The second kappa shape index (κ2) is 7.38. The SMILES string of the molecule is COc1ccnc(C(=O)NCCc2nc(C)c3c(n2)CCCC3)c1. The molecule has 6 heteroatoms. The molecule has 1 N–H and O–H groups in total. The van der Waals surface area contributed by atoms with E-state index >= 15 is 0 Å². The minimum absolute atomic E-state index is 0.219. The monoisotopic (exact) mass is 326 g/mol. The number of rotatable bonds is 5. The summed E-state index contributed by atoms with van der Waals surface area (Å²) in [6.07, 6.45) is 6.71. The Bertz CT molecular complexity index is 746. The van der Waals surface area contributed by atoms with Crippen LogP contribution < -0.4 is 10.1 Å². The largest absolute Gasteiger partial charge is 0.497 e. The Labute approximate surface area is 141 Å². The summed E-state index contributed by atoms with van der Waals surface area (Å²) >= 11 is 0. The molecule has 24 heavy (non-hydrogen) atoms. The van der Waals surface area contributed by atoms with Crippen molar-refractivity contribution in [3.8, 4) is 5.75 Å². The molecule has 0 radical (unpaired) electrons. The van der Waals surface area contributed by atoms with Crippen molar-refractivity contribution in [3.05, 3.63) is 46.8 Å². The molecule has 1 aliphatic carbocycles. The summed E-state index contributed by atoms with van der Waals surface area (Å²) in [5.41, 5.74) is 3.92. The number of hydrogen-bond acceptors (Lipinski definition) is 5. The van der Waals surface area contributed by atoms with Gasteiger partial charge < -0.3 is 10.1 Å². The lowest BCUT2D eigenvalue weighted by Gasteiger charge is -2.17. The van der Waals surface area contributed by atoms with Gasteiger partial charge in [-0.1, -0.05) is 0 Å². The maximum absolute atomic E-state index is 12.1.